The third-order valence-corrected chi connectivity index (χ3v) is 8.16. The third-order valence-electron chi connectivity index (χ3n) is 6.14. The number of aryl methyl sites for hydroxylation is 1. The highest BCUT2D eigenvalue weighted by atomic mass is 32.2. The maximum Gasteiger partial charge on any atom is 0.232 e. The van der Waals surface area contributed by atoms with Gasteiger partial charge in [-0.15, -0.1) is 0 Å². The first-order valence-electron chi connectivity index (χ1n) is 10.9. The van der Waals surface area contributed by atoms with Gasteiger partial charge in [0.2, 0.25) is 5.91 Å². The van der Waals surface area contributed by atoms with E-state index in [1.54, 1.807) is 11.3 Å². The highest BCUT2D eigenvalue weighted by Crippen LogP contribution is 2.45. The summed E-state index contributed by atoms with van der Waals surface area (Å²) in [4.78, 5) is 19.0. The first-order chi connectivity index (χ1) is 15.0. The van der Waals surface area contributed by atoms with Gasteiger partial charge in [-0.25, -0.2) is 4.98 Å². The number of carbonyl (C=O) groups is 1. The second-order valence-corrected chi connectivity index (χ2v) is 10.2. The molecule has 4 rings (SSSR count). The molecule has 0 bridgehead atoms. The first kappa shape index (κ1) is 22.5. The molecule has 0 aromatic carbocycles. The van der Waals surface area contributed by atoms with Crippen LogP contribution in [0, 0.1) is 0 Å². The number of hydrogen-bond acceptors (Lipinski definition) is 8. The van der Waals surface area contributed by atoms with Crippen LogP contribution in [-0.4, -0.2) is 46.9 Å². The fourth-order valence-corrected chi connectivity index (χ4v) is 6.29. The SMILES string of the molecule is CCCc1cc(N2CCC(NCC(O)c3ccsc3)CC2)nc2c1C(N)C(C(N)=O)S2. The van der Waals surface area contributed by atoms with Crippen LogP contribution in [0.1, 0.15) is 55.0 Å². The van der Waals surface area contributed by atoms with E-state index in [1.807, 2.05) is 16.8 Å². The molecular weight excluding hydrogens is 430 g/mol. The number of aliphatic hydroxyl groups excluding tert-OH is 1. The molecule has 7 nitrogen and oxygen atoms in total. The largest absolute Gasteiger partial charge is 0.387 e. The van der Waals surface area contributed by atoms with Crippen molar-refractivity contribution in [2.45, 2.75) is 61.1 Å². The number of aromatic nitrogens is 1. The number of nitrogens with zero attached hydrogens (tertiary/aromatic N) is 2. The van der Waals surface area contributed by atoms with E-state index in [-0.39, 0.29) is 11.9 Å². The standard InChI is InChI=1S/C22H31N5O2S2/c1-2-3-13-10-17(26-22-18(13)19(23)20(31-22)21(24)29)27-7-4-15(5-8-27)25-11-16(28)14-6-9-30-12-14/h6,9-10,12,15-16,19-20,25,28H,2-5,7-8,11,23H2,1H3,(H2,24,29). The van der Waals surface area contributed by atoms with Gasteiger partial charge in [-0.2, -0.15) is 11.3 Å². The van der Waals surface area contributed by atoms with Gasteiger partial charge >= 0.3 is 0 Å². The Kier molecular flexibility index (Phi) is 7.18. The molecule has 0 saturated carbocycles. The van der Waals surface area contributed by atoms with E-state index in [4.69, 9.17) is 16.5 Å². The lowest BCUT2D eigenvalue weighted by Gasteiger charge is -2.34. The summed E-state index contributed by atoms with van der Waals surface area (Å²) in [7, 11) is 0. The minimum Gasteiger partial charge on any atom is -0.387 e. The average molecular weight is 462 g/mol. The number of thioether (sulfide) groups is 1. The molecule has 2 aliphatic heterocycles. The Morgan fingerprint density at radius 3 is 2.84 bits per heavy atom. The van der Waals surface area contributed by atoms with Gasteiger partial charge in [-0.1, -0.05) is 25.1 Å². The van der Waals surface area contributed by atoms with Crippen LogP contribution in [0.25, 0.3) is 0 Å². The van der Waals surface area contributed by atoms with Gasteiger partial charge < -0.3 is 26.8 Å². The molecule has 9 heteroatoms. The van der Waals surface area contributed by atoms with Crippen molar-refractivity contribution in [3.63, 3.8) is 0 Å². The summed E-state index contributed by atoms with van der Waals surface area (Å²) in [6, 6.07) is 4.13. The van der Waals surface area contributed by atoms with Crippen LogP contribution < -0.4 is 21.7 Å². The van der Waals surface area contributed by atoms with E-state index in [0.29, 0.717) is 12.6 Å². The fraction of sp³-hybridized carbons (Fsp3) is 0.545. The number of pyridine rings is 1. The van der Waals surface area contributed by atoms with E-state index in [2.05, 4.69) is 23.2 Å². The lowest BCUT2D eigenvalue weighted by atomic mass is 9.97. The summed E-state index contributed by atoms with van der Waals surface area (Å²) in [5.74, 6) is 0.583. The van der Waals surface area contributed by atoms with Crippen LogP contribution in [0.15, 0.2) is 27.9 Å². The smallest absolute Gasteiger partial charge is 0.232 e. The Labute approximate surface area is 191 Å². The van der Waals surface area contributed by atoms with Crippen LogP contribution in [0.4, 0.5) is 5.82 Å². The van der Waals surface area contributed by atoms with Crippen LogP contribution in [0.2, 0.25) is 0 Å². The highest BCUT2D eigenvalue weighted by molar-refractivity contribution is 8.01. The van der Waals surface area contributed by atoms with Gasteiger partial charge in [-0.3, -0.25) is 4.79 Å². The Morgan fingerprint density at radius 2 is 2.19 bits per heavy atom. The molecule has 0 spiro atoms. The van der Waals surface area contributed by atoms with E-state index in [1.165, 1.54) is 17.3 Å². The number of carbonyl (C=O) groups excluding carboxylic acids is 1. The molecule has 3 unspecified atom stereocenters. The second-order valence-electron chi connectivity index (χ2n) is 8.32. The van der Waals surface area contributed by atoms with Gasteiger partial charge in [-0.05, 0) is 53.3 Å². The van der Waals surface area contributed by atoms with Crippen molar-refractivity contribution in [3.8, 4) is 0 Å². The van der Waals surface area contributed by atoms with Crippen molar-refractivity contribution in [3.05, 3.63) is 39.6 Å². The van der Waals surface area contributed by atoms with Gasteiger partial charge in [0.05, 0.1) is 12.1 Å². The molecule has 1 amide bonds. The number of nitrogens with two attached hydrogens (primary N) is 2. The molecular formula is C22H31N5O2S2. The maximum atomic E-state index is 11.8. The second kappa shape index (κ2) is 9.87. The zero-order chi connectivity index (χ0) is 22.0. The molecule has 2 aromatic heterocycles. The molecule has 3 atom stereocenters. The van der Waals surface area contributed by atoms with Crippen molar-refractivity contribution < 1.29 is 9.90 Å². The molecule has 6 N–H and O–H groups in total. The number of fused-ring (bicyclic) bond motifs is 1. The maximum absolute atomic E-state index is 11.8. The molecule has 168 valence electrons. The highest BCUT2D eigenvalue weighted by Gasteiger charge is 2.38. The topological polar surface area (TPSA) is 118 Å². The molecule has 0 aliphatic carbocycles. The number of thiophene rings is 1. The van der Waals surface area contributed by atoms with Crippen molar-refractivity contribution in [2.75, 3.05) is 24.5 Å². The number of hydrogen-bond donors (Lipinski definition) is 4. The predicted octanol–water partition coefficient (Wildman–Crippen LogP) is 2.35. The number of amides is 1. The summed E-state index contributed by atoms with van der Waals surface area (Å²) in [6.07, 6.45) is 3.45. The van der Waals surface area contributed by atoms with Gasteiger partial charge in [0.25, 0.3) is 0 Å². The van der Waals surface area contributed by atoms with Crippen LogP contribution >= 0.6 is 23.1 Å². The molecule has 2 aromatic rings. The Hall–Kier alpha value is -1.65. The zero-order valence-electron chi connectivity index (χ0n) is 17.8. The van der Waals surface area contributed by atoms with E-state index in [9.17, 15) is 9.90 Å². The summed E-state index contributed by atoms with van der Waals surface area (Å²) >= 11 is 3.01. The summed E-state index contributed by atoms with van der Waals surface area (Å²) in [5, 5.41) is 18.2. The van der Waals surface area contributed by atoms with Crippen LogP contribution in [0.3, 0.4) is 0 Å². The molecule has 31 heavy (non-hydrogen) atoms. The summed E-state index contributed by atoms with van der Waals surface area (Å²) in [5.41, 5.74) is 15.1. The third kappa shape index (κ3) is 4.90. The van der Waals surface area contributed by atoms with Crippen LogP contribution in [-0.2, 0) is 11.2 Å². The van der Waals surface area contributed by atoms with Crippen LogP contribution in [0.5, 0.6) is 0 Å². The number of nitrogens with one attached hydrogen (secondary N) is 1. The minimum atomic E-state index is -0.460. The predicted molar refractivity (Wildman–Crippen MR) is 127 cm³/mol. The van der Waals surface area contributed by atoms with Gasteiger partial charge in [0, 0.05) is 31.2 Å². The number of piperidine rings is 1. The minimum absolute atomic E-state index is 0.379. The number of primary amides is 1. The average Bonchev–Trinajstić information content (AvgIpc) is 3.41. The summed E-state index contributed by atoms with van der Waals surface area (Å²) in [6.45, 7) is 4.52. The lowest BCUT2D eigenvalue weighted by Crippen LogP contribution is -2.44. The number of anilines is 1. The molecule has 0 radical (unpaired) electrons. The van der Waals surface area contributed by atoms with Crippen molar-refractivity contribution >= 4 is 34.8 Å². The van der Waals surface area contributed by atoms with Crippen molar-refractivity contribution in [1.29, 1.82) is 0 Å². The lowest BCUT2D eigenvalue weighted by molar-refractivity contribution is -0.117. The van der Waals surface area contributed by atoms with Gasteiger partial charge in [0.15, 0.2) is 0 Å². The normalized spacial score (nSPS) is 22.5. The molecule has 1 saturated heterocycles. The fourth-order valence-electron chi connectivity index (χ4n) is 4.41. The van der Waals surface area contributed by atoms with Gasteiger partial charge in [0.1, 0.15) is 16.1 Å². The molecule has 4 heterocycles. The first-order valence-corrected chi connectivity index (χ1v) is 12.7. The number of aliphatic hydroxyl groups is 1. The quantitative estimate of drug-likeness (QED) is 0.477. The van der Waals surface area contributed by atoms with E-state index < -0.39 is 11.4 Å². The Bertz CT molecular complexity index is 900. The molecule has 1 fully saturated rings. The van der Waals surface area contributed by atoms with Crippen molar-refractivity contribution in [2.24, 2.45) is 11.5 Å². The Morgan fingerprint density at radius 1 is 1.42 bits per heavy atom. The van der Waals surface area contributed by atoms with E-state index in [0.717, 1.165) is 60.7 Å². The molecule has 2 aliphatic rings. The van der Waals surface area contributed by atoms with E-state index >= 15 is 0 Å². The summed E-state index contributed by atoms with van der Waals surface area (Å²) < 4.78 is 0. The van der Waals surface area contributed by atoms with Crippen molar-refractivity contribution in [1.82, 2.24) is 10.3 Å². The monoisotopic (exact) mass is 461 g/mol. The number of rotatable bonds is 8. The Balaban J connectivity index is 1.40. The zero-order valence-corrected chi connectivity index (χ0v) is 19.4.